The topological polar surface area (TPSA) is 137 Å². The summed E-state index contributed by atoms with van der Waals surface area (Å²) >= 11 is 0. The number of carboxylic acid groups (broad SMARTS) is 1. The van der Waals surface area contributed by atoms with Crippen LogP contribution >= 0.6 is 0 Å². The van der Waals surface area contributed by atoms with Crippen LogP contribution in [0.15, 0.2) is 54.6 Å². The van der Waals surface area contributed by atoms with Crippen molar-refractivity contribution in [2.24, 2.45) is 11.8 Å². The van der Waals surface area contributed by atoms with Gasteiger partial charge in [0.1, 0.15) is 0 Å². The third-order valence-corrected chi connectivity index (χ3v) is 7.48. The van der Waals surface area contributed by atoms with E-state index in [0.29, 0.717) is 36.2 Å². The van der Waals surface area contributed by atoms with Crippen LogP contribution in [0.1, 0.15) is 41.6 Å². The number of hydrogen-bond donors (Lipinski definition) is 4. The number of carbonyl (C=O) groups excluding carboxylic acids is 1. The Morgan fingerprint density at radius 3 is 2.19 bits per heavy atom. The second kappa shape index (κ2) is 11.7. The van der Waals surface area contributed by atoms with Crippen molar-refractivity contribution in [2.75, 3.05) is 19.3 Å². The number of nitrogens with zero attached hydrogens (tertiary/aromatic N) is 1. The fourth-order valence-corrected chi connectivity index (χ4v) is 5.15. The first-order valence-electron chi connectivity index (χ1n) is 12.4. The minimum atomic E-state index is -3.28. The molecule has 0 unspecified atom stereocenters. The van der Waals surface area contributed by atoms with Crippen LogP contribution in [-0.4, -0.2) is 49.9 Å². The largest absolute Gasteiger partial charge is 0.465 e. The first-order chi connectivity index (χ1) is 17.7. The Hall–Kier alpha value is -3.50. The van der Waals surface area contributed by atoms with Crippen LogP contribution in [0.25, 0.3) is 22.2 Å². The number of hydrogen-bond acceptors (Lipinski definition) is 5. The number of pyridine rings is 1. The molecule has 0 spiro atoms. The Morgan fingerprint density at radius 2 is 1.57 bits per heavy atom. The molecule has 0 radical (unpaired) electrons. The maximum atomic E-state index is 13.3. The van der Waals surface area contributed by atoms with Gasteiger partial charge in [-0.1, -0.05) is 42.5 Å². The summed E-state index contributed by atoms with van der Waals surface area (Å²) < 4.78 is 25.2. The minimum Gasteiger partial charge on any atom is -0.465 e. The zero-order valence-electron chi connectivity index (χ0n) is 20.7. The van der Waals surface area contributed by atoms with Crippen LogP contribution in [0.2, 0.25) is 0 Å². The second-order valence-corrected chi connectivity index (χ2v) is 11.5. The number of carbonyl (C=O) groups is 2. The Balaban J connectivity index is 1.45. The van der Waals surface area contributed by atoms with Gasteiger partial charge in [0.05, 0.1) is 23.0 Å². The Bertz CT molecular complexity index is 1370. The van der Waals surface area contributed by atoms with Crippen LogP contribution < -0.4 is 15.4 Å². The Labute approximate surface area is 216 Å². The molecule has 2 aromatic carbocycles. The summed E-state index contributed by atoms with van der Waals surface area (Å²) in [7, 11) is -3.28. The molecule has 0 aliphatic heterocycles. The zero-order valence-corrected chi connectivity index (χ0v) is 21.6. The lowest BCUT2D eigenvalue weighted by atomic mass is 9.82. The normalized spacial score (nSPS) is 17.9. The number of benzene rings is 2. The predicted octanol–water partition coefficient (Wildman–Crippen LogP) is 3.75. The quantitative estimate of drug-likeness (QED) is 0.336. The number of amides is 2. The summed E-state index contributed by atoms with van der Waals surface area (Å²) in [5, 5.41) is 15.1. The van der Waals surface area contributed by atoms with Gasteiger partial charge in [-0.3, -0.25) is 4.79 Å². The molecule has 1 aliphatic rings. The van der Waals surface area contributed by atoms with Gasteiger partial charge in [-0.25, -0.2) is 22.9 Å². The number of sulfonamides is 1. The van der Waals surface area contributed by atoms with Crippen molar-refractivity contribution in [1.82, 2.24) is 20.3 Å². The molecular formula is C27H32N4O5S. The highest BCUT2D eigenvalue weighted by Gasteiger charge is 2.23. The van der Waals surface area contributed by atoms with Crippen LogP contribution in [0.4, 0.5) is 4.79 Å². The monoisotopic (exact) mass is 524 g/mol. The molecule has 2 amide bonds. The highest BCUT2D eigenvalue weighted by molar-refractivity contribution is 7.88. The van der Waals surface area contributed by atoms with Crippen molar-refractivity contribution >= 4 is 32.9 Å². The van der Waals surface area contributed by atoms with Gasteiger partial charge >= 0.3 is 6.09 Å². The van der Waals surface area contributed by atoms with Crippen molar-refractivity contribution in [1.29, 1.82) is 0 Å². The van der Waals surface area contributed by atoms with Gasteiger partial charge in [0, 0.05) is 30.6 Å². The van der Waals surface area contributed by atoms with Gasteiger partial charge in [-0.15, -0.1) is 0 Å². The van der Waals surface area contributed by atoms with Gasteiger partial charge < -0.3 is 15.7 Å². The number of aromatic nitrogens is 1. The molecule has 1 aromatic heterocycles. The van der Waals surface area contributed by atoms with Gasteiger partial charge in [0.2, 0.25) is 10.0 Å². The predicted molar refractivity (Wildman–Crippen MR) is 143 cm³/mol. The average Bonchev–Trinajstić information content (AvgIpc) is 2.89. The number of para-hydroxylation sites is 1. The molecule has 1 aliphatic carbocycles. The second-order valence-electron chi connectivity index (χ2n) is 9.65. The molecule has 9 nitrogen and oxygen atoms in total. The molecule has 1 heterocycles. The summed E-state index contributed by atoms with van der Waals surface area (Å²) in [5.41, 5.74) is 3.60. The minimum absolute atomic E-state index is 0.150. The molecule has 0 saturated heterocycles. The van der Waals surface area contributed by atoms with Crippen LogP contribution in [-0.2, 0) is 16.6 Å². The number of rotatable bonds is 9. The summed E-state index contributed by atoms with van der Waals surface area (Å²) in [6, 6.07) is 16.8. The van der Waals surface area contributed by atoms with Gasteiger partial charge in [-0.2, -0.15) is 0 Å². The molecule has 37 heavy (non-hydrogen) atoms. The van der Waals surface area contributed by atoms with Gasteiger partial charge in [0.15, 0.2) is 0 Å². The van der Waals surface area contributed by atoms with Crippen molar-refractivity contribution in [3.63, 3.8) is 0 Å². The van der Waals surface area contributed by atoms with E-state index in [9.17, 15) is 18.0 Å². The third kappa shape index (κ3) is 7.50. The van der Waals surface area contributed by atoms with E-state index in [4.69, 9.17) is 10.1 Å². The van der Waals surface area contributed by atoms with Crippen molar-refractivity contribution in [2.45, 2.75) is 32.2 Å². The first kappa shape index (κ1) is 26.6. The number of nitrogens with one attached hydrogen (secondary N) is 3. The van der Waals surface area contributed by atoms with Gasteiger partial charge in [-0.05, 0) is 55.2 Å². The smallest absolute Gasteiger partial charge is 0.404 e. The van der Waals surface area contributed by atoms with Crippen molar-refractivity contribution in [3.8, 4) is 11.3 Å². The van der Waals surface area contributed by atoms with E-state index >= 15 is 0 Å². The highest BCUT2D eigenvalue weighted by Crippen LogP contribution is 2.29. The van der Waals surface area contributed by atoms with Crippen molar-refractivity contribution < 1.29 is 23.1 Å². The molecule has 1 saturated carbocycles. The number of fused-ring (bicyclic) bond motifs is 1. The van der Waals surface area contributed by atoms with E-state index in [1.165, 1.54) is 0 Å². The molecule has 0 atom stereocenters. The lowest BCUT2D eigenvalue weighted by Crippen LogP contribution is -2.34. The van der Waals surface area contributed by atoms with E-state index in [2.05, 4.69) is 15.4 Å². The molecule has 196 valence electrons. The molecule has 10 heteroatoms. The SMILES string of the molecule is CS(=O)(=O)NCc1ccc(-c2cc(C(=O)NC[C@H]3CC[C@H](CNC(=O)O)CC3)c3ccccc3n2)cc1. The first-order valence-corrected chi connectivity index (χ1v) is 14.3. The fraction of sp³-hybridized carbons (Fsp3) is 0.370. The third-order valence-electron chi connectivity index (χ3n) is 6.81. The van der Waals surface area contributed by atoms with E-state index in [1.807, 2.05) is 48.5 Å². The Morgan fingerprint density at radius 1 is 0.946 bits per heavy atom. The molecule has 0 bridgehead atoms. The van der Waals surface area contributed by atoms with E-state index in [1.54, 1.807) is 6.07 Å². The van der Waals surface area contributed by atoms with Crippen LogP contribution in [0.5, 0.6) is 0 Å². The standard InChI is InChI=1S/C27H32N4O5S/c1-37(35,36)30-17-20-10-12-21(13-11-20)25-14-23(22-4-2-3-5-24(22)31-25)26(32)28-15-18-6-8-19(9-7-18)16-29-27(33)34/h2-5,10-14,18-19,29-30H,6-9,15-17H2,1H3,(H,28,32)(H,33,34)/t18-,19-. The highest BCUT2D eigenvalue weighted by atomic mass is 32.2. The maximum absolute atomic E-state index is 13.3. The lowest BCUT2D eigenvalue weighted by Gasteiger charge is -2.28. The molecule has 4 rings (SSSR count). The van der Waals surface area contributed by atoms with E-state index in [-0.39, 0.29) is 12.5 Å². The molecule has 3 aromatic rings. The summed E-state index contributed by atoms with van der Waals surface area (Å²) in [6.07, 6.45) is 3.93. The molecule has 1 fully saturated rings. The maximum Gasteiger partial charge on any atom is 0.404 e. The molecular weight excluding hydrogens is 492 g/mol. The zero-order chi connectivity index (χ0) is 26.4. The summed E-state index contributed by atoms with van der Waals surface area (Å²) in [5.74, 6) is 0.567. The van der Waals surface area contributed by atoms with Crippen LogP contribution in [0, 0.1) is 11.8 Å². The Kier molecular flexibility index (Phi) is 8.40. The summed E-state index contributed by atoms with van der Waals surface area (Å²) in [4.78, 5) is 28.7. The van der Waals surface area contributed by atoms with E-state index < -0.39 is 16.1 Å². The van der Waals surface area contributed by atoms with Crippen LogP contribution in [0.3, 0.4) is 0 Å². The average molecular weight is 525 g/mol. The fourth-order valence-electron chi connectivity index (χ4n) is 4.72. The van der Waals surface area contributed by atoms with Crippen molar-refractivity contribution in [3.05, 3.63) is 65.7 Å². The molecule has 4 N–H and O–H groups in total. The summed E-state index contributed by atoms with van der Waals surface area (Å²) in [6.45, 7) is 1.26. The van der Waals surface area contributed by atoms with E-state index in [0.717, 1.165) is 54.0 Å². The lowest BCUT2D eigenvalue weighted by molar-refractivity contribution is 0.0942. The van der Waals surface area contributed by atoms with Gasteiger partial charge in [0.25, 0.3) is 5.91 Å².